The number of hydrogen-bond donors (Lipinski definition) is 0. The number of nitro groups is 1. The van der Waals surface area contributed by atoms with Gasteiger partial charge in [0.05, 0.1) is 15.4 Å². The largest absolute Gasteiger partial charge is 0.416 e. The lowest BCUT2D eigenvalue weighted by atomic mass is 10.1. The maximum Gasteiger partial charge on any atom is 0.416 e. The number of anilines is 1. The Labute approximate surface area is 177 Å². The summed E-state index contributed by atoms with van der Waals surface area (Å²) >= 11 is 1.45. The molecule has 1 aliphatic rings. The van der Waals surface area contributed by atoms with Crippen molar-refractivity contribution in [2.45, 2.75) is 6.18 Å². The average Bonchev–Trinajstić information content (AvgIpc) is 3.44. The summed E-state index contributed by atoms with van der Waals surface area (Å²) in [6.07, 6.45) is -4.67. The Morgan fingerprint density at radius 2 is 1.90 bits per heavy atom. The smallest absolute Gasteiger partial charge is 0.362 e. The quantitative estimate of drug-likeness (QED) is 0.433. The molecule has 0 N–H and O–H groups in total. The van der Waals surface area contributed by atoms with Crippen molar-refractivity contribution in [1.82, 2.24) is 10.1 Å². The van der Waals surface area contributed by atoms with Crippen LogP contribution in [0.3, 0.4) is 0 Å². The fraction of sp³-hybridized carbons (Fsp3) is 0.263. The Bertz CT molecular complexity index is 1110. The number of piperazine rings is 1. The van der Waals surface area contributed by atoms with Crippen LogP contribution in [0.2, 0.25) is 0 Å². The maximum absolute atomic E-state index is 12.9. The highest BCUT2D eigenvalue weighted by Gasteiger charge is 2.34. The molecule has 1 fully saturated rings. The number of alkyl halides is 3. The van der Waals surface area contributed by atoms with E-state index in [1.165, 1.54) is 16.2 Å². The fourth-order valence-electron chi connectivity index (χ4n) is 3.34. The lowest BCUT2D eigenvalue weighted by Gasteiger charge is -2.35. The van der Waals surface area contributed by atoms with Gasteiger partial charge >= 0.3 is 6.18 Å². The van der Waals surface area contributed by atoms with Gasteiger partial charge in [0.2, 0.25) is 0 Å². The monoisotopic (exact) mass is 452 g/mol. The van der Waals surface area contributed by atoms with Crippen molar-refractivity contribution in [3.63, 3.8) is 0 Å². The number of amides is 1. The van der Waals surface area contributed by atoms with E-state index in [9.17, 15) is 28.1 Å². The van der Waals surface area contributed by atoms with Crippen molar-refractivity contribution in [2.75, 3.05) is 31.1 Å². The molecule has 162 valence electrons. The van der Waals surface area contributed by atoms with Gasteiger partial charge in [0.15, 0.2) is 11.5 Å². The summed E-state index contributed by atoms with van der Waals surface area (Å²) in [5.74, 6) is 0.144. The number of nitrogens with zero attached hydrogens (tertiary/aromatic N) is 4. The summed E-state index contributed by atoms with van der Waals surface area (Å²) in [4.78, 5) is 27.2. The highest BCUT2D eigenvalue weighted by Crippen LogP contribution is 2.37. The Morgan fingerprint density at radius 3 is 2.52 bits per heavy atom. The number of rotatable bonds is 4. The number of carbonyl (C=O) groups is 1. The molecule has 2 aromatic heterocycles. The summed E-state index contributed by atoms with van der Waals surface area (Å²) in [7, 11) is 0. The van der Waals surface area contributed by atoms with E-state index in [1.54, 1.807) is 11.0 Å². The van der Waals surface area contributed by atoms with Crippen LogP contribution < -0.4 is 4.90 Å². The first-order valence-corrected chi connectivity index (χ1v) is 10.0. The molecule has 4 rings (SSSR count). The number of carbonyl (C=O) groups excluding carboxylic acids is 1. The van der Waals surface area contributed by atoms with Crippen LogP contribution in [0.1, 0.15) is 16.1 Å². The lowest BCUT2D eigenvalue weighted by molar-refractivity contribution is -0.384. The zero-order chi connectivity index (χ0) is 22.2. The minimum atomic E-state index is -4.67. The molecule has 3 aromatic rings. The number of thiophene rings is 1. The van der Waals surface area contributed by atoms with Gasteiger partial charge in [0.25, 0.3) is 11.6 Å². The van der Waals surface area contributed by atoms with E-state index in [-0.39, 0.29) is 43.5 Å². The molecule has 12 heteroatoms. The van der Waals surface area contributed by atoms with Crippen LogP contribution in [0, 0.1) is 10.1 Å². The third-order valence-corrected chi connectivity index (χ3v) is 5.78. The van der Waals surface area contributed by atoms with Crippen LogP contribution in [-0.2, 0) is 6.18 Å². The molecule has 1 aliphatic heterocycles. The van der Waals surface area contributed by atoms with Gasteiger partial charge in [-0.05, 0) is 23.6 Å². The topological polar surface area (TPSA) is 92.7 Å². The average molecular weight is 452 g/mol. The van der Waals surface area contributed by atoms with E-state index in [2.05, 4.69) is 5.16 Å². The third kappa shape index (κ3) is 4.24. The number of benzene rings is 1. The van der Waals surface area contributed by atoms with Gasteiger partial charge in [-0.3, -0.25) is 14.9 Å². The number of halogens is 3. The predicted octanol–water partition coefficient (Wildman–Crippen LogP) is 4.29. The zero-order valence-corrected chi connectivity index (χ0v) is 16.7. The Kier molecular flexibility index (Phi) is 5.39. The first kappa shape index (κ1) is 20.8. The van der Waals surface area contributed by atoms with Gasteiger partial charge in [-0.15, -0.1) is 11.3 Å². The SMILES string of the molecule is O=C(c1cc(-c2cccs2)on1)N1CCN(c2ccc(C(F)(F)F)cc2[N+](=O)[O-])CC1. The van der Waals surface area contributed by atoms with Crippen LogP contribution in [0.5, 0.6) is 0 Å². The van der Waals surface area contributed by atoms with Gasteiger partial charge in [-0.1, -0.05) is 11.2 Å². The normalized spacial score (nSPS) is 14.7. The van der Waals surface area contributed by atoms with Crippen LogP contribution >= 0.6 is 11.3 Å². The first-order valence-electron chi connectivity index (χ1n) is 9.14. The van der Waals surface area contributed by atoms with E-state index >= 15 is 0 Å². The highest BCUT2D eigenvalue weighted by atomic mass is 32.1. The molecule has 3 heterocycles. The minimum Gasteiger partial charge on any atom is -0.362 e. The van der Waals surface area contributed by atoms with E-state index in [0.717, 1.165) is 17.0 Å². The molecule has 1 saturated heterocycles. The van der Waals surface area contributed by atoms with Crippen LogP contribution in [0.15, 0.2) is 46.3 Å². The number of aromatic nitrogens is 1. The second-order valence-corrected chi connectivity index (χ2v) is 7.74. The van der Waals surface area contributed by atoms with Gasteiger partial charge in [-0.2, -0.15) is 13.2 Å². The summed E-state index contributed by atoms with van der Waals surface area (Å²) < 4.78 is 43.9. The maximum atomic E-state index is 12.9. The standard InChI is InChI=1S/C19H15F3N4O4S/c20-19(21,22)12-3-4-14(15(10-12)26(28)29)24-5-7-25(8-6-24)18(27)13-11-16(30-23-13)17-2-1-9-31-17/h1-4,9-11H,5-8H2. The summed E-state index contributed by atoms with van der Waals surface area (Å²) in [5.41, 5.74) is -1.46. The van der Waals surface area contributed by atoms with E-state index in [4.69, 9.17) is 4.52 Å². The molecule has 0 saturated carbocycles. The Balaban J connectivity index is 1.46. The fourth-order valence-corrected chi connectivity index (χ4v) is 4.01. The van der Waals surface area contributed by atoms with Crippen molar-refractivity contribution in [3.05, 3.63) is 63.1 Å². The molecular weight excluding hydrogens is 437 g/mol. The van der Waals surface area contributed by atoms with Crippen molar-refractivity contribution in [3.8, 4) is 10.6 Å². The minimum absolute atomic E-state index is 0.0894. The summed E-state index contributed by atoms with van der Waals surface area (Å²) in [6.45, 7) is 0.928. The van der Waals surface area contributed by atoms with Crippen LogP contribution in [0.4, 0.5) is 24.5 Å². The zero-order valence-electron chi connectivity index (χ0n) is 15.8. The highest BCUT2D eigenvalue weighted by molar-refractivity contribution is 7.13. The Hall–Kier alpha value is -3.41. The van der Waals surface area contributed by atoms with E-state index < -0.39 is 22.4 Å². The summed E-state index contributed by atoms with van der Waals surface area (Å²) in [5, 5.41) is 17.0. The number of nitro benzene ring substituents is 1. The van der Waals surface area contributed by atoms with Gasteiger partial charge in [0, 0.05) is 38.3 Å². The summed E-state index contributed by atoms with van der Waals surface area (Å²) in [6, 6.07) is 7.71. The van der Waals surface area contributed by atoms with Gasteiger partial charge in [0.1, 0.15) is 5.69 Å². The molecule has 0 aliphatic carbocycles. The first-order chi connectivity index (χ1) is 14.7. The molecule has 0 atom stereocenters. The molecule has 1 amide bonds. The molecule has 8 nitrogen and oxygen atoms in total. The molecule has 0 bridgehead atoms. The molecule has 0 unspecified atom stereocenters. The second kappa shape index (κ2) is 8.02. The van der Waals surface area contributed by atoms with Crippen LogP contribution in [-0.4, -0.2) is 47.1 Å². The molecule has 0 radical (unpaired) electrons. The van der Waals surface area contributed by atoms with Crippen molar-refractivity contribution >= 4 is 28.6 Å². The molecular formula is C19H15F3N4O4S. The van der Waals surface area contributed by atoms with Gasteiger partial charge in [-0.25, -0.2) is 0 Å². The number of hydrogen-bond acceptors (Lipinski definition) is 7. The molecule has 0 spiro atoms. The molecule has 1 aromatic carbocycles. The lowest BCUT2D eigenvalue weighted by Crippen LogP contribution is -2.49. The molecule has 31 heavy (non-hydrogen) atoms. The van der Waals surface area contributed by atoms with E-state index in [0.29, 0.717) is 11.8 Å². The van der Waals surface area contributed by atoms with E-state index in [1.807, 2.05) is 17.5 Å². The Morgan fingerprint density at radius 1 is 1.16 bits per heavy atom. The van der Waals surface area contributed by atoms with Crippen molar-refractivity contribution < 1.29 is 27.4 Å². The second-order valence-electron chi connectivity index (χ2n) is 6.79. The van der Waals surface area contributed by atoms with Crippen molar-refractivity contribution in [1.29, 1.82) is 0 Å². The van der Waals surface area contributed by atoms with Crippen molar-refractivity contribution in [2.24, 2.45) is 0 Å². The third-order valence-electron chi connectivity index (χ3n) is 4.90. The van der Waals surface area contributed by atoms with Gasteiger partial charge < -0.3 is 14.3 Å². The predicted molar refractivity (Wildman–Crippen MR) is 106 cm³/mol. The van der Waals surface area contributed by atoms with Crippen LogP contribution in [0.25, 0.3) is 10.6 Å².